The fourth-order valence-corrected chi connectivity index (χ4v) is 3.78. The van der Waals surface area contributed by atoms with E-state index in [-0.39, 0.29) is 17.9 Å². The standard InChI is InChI=1S/C21H24N4O/c1-14(2)20(21-24-23-18-11-6-12-25(18)21)22-19(26)13-16-9-5-8-15-7-3-4-10-17(15)16/h3-5,7-10,14,20H,6,11-13H2,1-2H3,(H,22,26). The maximum Gasteiger partial charge on any atom is 0.225 e. The number of aryl methyl sites for hydroxylation is 1. The van der Waals surface area contributed by atoms with Gasteiger partial charge in [-0.05, 0) is 28.7 Å². The van der Waals surface area contributed by atoms with E-state index < -0.39 is 0 Å². The Morgan fingerprint density at radius 3 is 2.81 bits per heavy atom. The van der Waals surface area contributed by atoms with Gasteiger partial charge in [0, 0.05) is 13.0 Å². The molecule has 1 aliphatic rings. The van der Waals surface area contributed by atoms with Crippen LogP contribution in [-0.4, -0.2) is 20.7 Å². The summed E-state index contributed by atoms with van der Waals surface area (Å²) in [5, 5.41) is 14.2. The monoisotopic (exact) mass is 348 g/mol. The number of carbonyl (C=O) groups excluding carboxylic acids is 1. The van der Waals surface area contributed by atoms with Gasteiger partial charge in [0.15, 0.2) is 5.82 Å². The Morgan fingerprint density at radius 1 is 1.15 bits per heavy atom. The molecule has 4 rings (SSSR count). The molecular weight excluding hydrogens is 324 g/mol. The summed E-state index contributed by atoms with van der Waals surface area (Å²) in [6.45, 7) is 5.17. The molecule has 26 heavy (non-hydrogen) atoms. The van der Waals surface area contributed by atoms with Crippen molar-refractivity contribution in [3.05, 3.63) is 59.7 Å². The summed E-state index contributed by atoms with van der Waals surface area (Å²) in [6, 6.07) is 14.2. The van der Waals surface area contributed by atoms with Crippen LogP contribution in [-0.2, 0) is 24.2 Å². The highest BCUT2D eigenvalue weighted by molar-refractivity contribution is 5.90. The first-order valence-electron chi connectivity index (χ1n) is 9.31. The lowest BCUT2D eigenvalue weighted by atomic mass is 10.0. The largest absolute Gasteiger partial charge is 0.346 e. The minimum Gasteiger partial charge on any atom is -0.346 e. The summed E-state index contributed by atoms with van der Waals surface area (Å²) in [7, 11) is 0. The maximum atomic E-state index is 12.8. The molecule has 5 heteroatoms. The lowest BCUT2D eigenvalue weighted by molar-refractivity contribution is -0.121. The molecule has 0 spiro atoms. The number of carbonyl (C=O) groups is 1. The predicted octanol–water partition coefficient (Wildman–Crippen LogP) is 3.43. The highest BCUT2D eigenvalue weighted by atomic mass is 16.1. The number of rotatable bonds is 5. The highest BCUT2D eigenvalue weighted by Gasteiger charge is 2.27. The highest BCUT2D eigenvalue weighted by Crippen LogP contribution is 2.25. The van der Waals surface area contributed by atoms with E-state index >= 15 is 0 Å². The van der Waals surface area contributed by atoms with E-state index in [1.807, 2.05) is 24.3 Å². The molecule has 0 aliphatic carbocycles. The molecule has 2 heterocycles. The Bertz CT molecular complexity index is 939. The normalized spacial score (nSPS) is 14.6. The Kier molecular flexibility index (Phi) is 4.45. The Balaban J connectivity index is 1.55. The van der Waals surface area contributed by atoms with Crippen molar-refractivity contribution < 1.29 is 4.79 Å². The van der Waals surface area contributed by atoms with Crippen LogP contribution in [0, 0.1) is 5.92 Å². The quantitative estimate of drug-likeness (QED) is 0.768. The van der Waals surface area contributed by atoms with Crippen LogP contribution in [0.2, 0.25) is 0 Å². The van der Waals surface area contributed by atoms with Gasteiger partial charge in [0.2, 0.25) is 5.91 Å². The molecule has 134 valence electrons. The van der Waals surface area contributed by atoms with E-state index in [1.165, 1.54) is 0 Å². The number of amides is 1. The van der Waals surface area contributed by atoms with Crippen molar-refractivity contribution in [3.8, 4) is 0 Å². The number of aromatic nitrogens is 3. The third-order valence-corrected chi connectivity index (χ3v) is 5.13. The summed E-state index contributed by atoms with van der Waals surface area (Å²) < 4.78 is 2.17. The fourth-order valence-electron chi connectivity index (χ4n) is 3.78. The third kappa shape index (κ3) is 3.09. The van der Waals surface area contributed by atoms with Crippen LogP contribution in [0.15, 0.2) is 42.5 Å². The van der Waals surface area contributed by atoms with Crippen LogP contribution in [0.5, 0.6) is 0 Å². The molecular formula is C21H24N4O. The van der Waals surface area contributed by atoms with Gasteiger partial charge in [0.05, 0.1) is 12.5 Å². The van der Waals surface area contributed by atoms with Gasteiger partial charge >= 0.3 is 0 Å². The van der Waals surface area contributed by atoms with Crippen molar-refractivity contribution >= 4 is 16.7 Å². The van der Waals surface area contributed by atoms with Crippen molar-refractivity contribution in [1.82, 2.24) is 20.1 Å². The second-order valence-electron chi connectivity index (χ2n) is 7.33. The molecule has 2 aromatic carbocycles. The molecule has 0 saturated heterocycles. The molecule has 0 bridgehead atoms. The second kappa shape index (κ2) is 6.90. The summed E-state index contributed by atoms with van der Waals surface area (Å²) >= 11 is 0. The lowest BCUT2D eigenvalue weighted by Crippen LogP contribution is -2.34. The Labute approximate surface area is 153 Å². The molecule has 1 amide bonds. The average molecular weight is 348 g/mol. The van der Waals surface area contributed by atoms with Crippen molar-refractivity contribution in [2.24, 2.45) is 5.92 Å². The first kappa shape index (κ1) is 16.8. The van der Waals surface area contributed by atoms with Crippen LogP contribution in [0.1, 0.15) is 43.5 Å². The zero-order valence-electron chi connectivity index (χ0n) is 15.3. The van der Waals surface area contributed by atoms with E-state index in [0.717, 1.165) is 47.4 Å². The van der Waals surface area contributed by atoms with E-state index in [2.05, 4.69) is 52.1 Å². The van der Waals surface area contributed by atoms with Crippen molar-refractivity contribution in [2.75, 3.05) is 0 Å². The van der Waals surface area contributed by atoms with Crippen molar-refractivity contribution in [1.29, 1.82) is 0 Å². The molecule has 5 nitrogen and oxygen atoms in total. The second-order valence-corrected chi connectivity index (χ2v) is 7.33. The first-order chi connectivity index (χ1) is 12.6. The van der Waals surface area contributed by atoms with Gasteiger partial charge in [-0.1, -0.05) is 56.3 Å². The van der Waals surface area contributed by atoms with E-state index in [1.54, 1.807) is 0 Å². The molecule has 0 fully saturated rings. The van der Waals surface area contributed by atoms with Crippen LogP contribution in [0.3, 0.4) is 0 Å². The lowest BCUT2D eigenvalue weighted by Gasteiger charge is -2.22. The predicted molar refractivity (Wildman–Crippen MR) is 102 cm³/mol. The number of fused-ring (bicyclic) bond motifs is 2. The summed E-state index contributed by atoms with van der Waals surface area (Å²) in [6.07, 6.45) is 2.44. The molecule has 0 saturated carbocycles. The SMILES string of the molecule is CC(C)C(NC(=O)Cc1cccc2ccccc12)c1nnc2n1CCC2. The van der Waals surface area contributed by atoms with Crippen LogP contribution in [0.25, 0.3) is 10.8 Å². The van der Waals surface area contributed by atoms with E-state index in [9.17, 15) is 4.79 Å². The van der Waals surface area contributed by atoms with Gasteiger partial charge in [0.1, 0.15) is 5.82 Å². The molecule has 3 aromatic rings. The number of nitrogens with zero attached hydrogens (tertiary/aromatic N) is 3. The minimum absolute atomic E-state index is 0.0235. The van der Waals surface area contributed by atoms with Gasteiger partial charge in [-0.3, -0.25) is 4.79 Å². The summed E-state index contributed by atoms with van der Waals surface area (Å²) in [5.41, 5.74) is 1.05. The molecule has 1 unspecified atom stereocenters. The number of benzene rings is 2. The maximum absolute atomic E-state index is 12.8. The smallest absolute Gasteiger partial charge is 0.225 e. The topological polar surface area (TPSA) is 59.8 Å². The van der Waals surface area contributed by atoms with Crippen LogP contribution < -0.4 is 5.32 Å². The van der Waals surface area contributed by atoms with Crippen molar-refractivity contribution in [3.63, 3.8) is 0 Å². The molecule has 0 radical (unpaired) electrons. The van der Waals surface area contributed by atoms with Crippen LogP contribution in [0.4, 0.5) is 0 Å². The fraction of sp³-hybridized carbons (Fsp3) is 0.381. The minimum atomic E-state index is -0.114. The van der Waals surface area contributed by atoms with E-state index in [4.69, 9.17) is 0 Å². The summed E-state index contributed by atoms with van der Waals surface area (Å²) in [4.78, 5) is 12.8. The zero-order chi connectivity index (χ0) is 18.1. The molecule has 1 atom stereocenters. The van der Waals surface area contributed by atoms with Gasteiger partial charge in [-0.15, -0.1) is 10.2 Å². The molecule has 1 aliphatic heterocycles. The molecule has 1 N–H and O–H groups in total. The third-order valence-electron chi connectivity index (χ3n) is 5.13. The zero-order valence-corrected chi connectivity index (χ0v) is 15.3. The average Bonchev–Trinajstić information content (AvgIpc) is 3.24. The Morgan fingerprint density at radius 2 is 1.96 bits per heavy atom. The number of hydrogen-bond acceptors (Lipinski definition) is 3. The van der Waals surface area contributed by atoms with Gasteiger partial charge in [0.25, 0.3) is 0 Å². The Hall–Kier alpha value is -2.69. The summed E-state index contributed by atoms with van der Waals surface area (Å²) in [5.74, 6) is 2.20. The van der Waals surface area contributed by atoms with Crippen molar-refractivity contribution in [2.45, 2.75) is 45.7 Å². The van der Waals surface area contributed by atoms with Crippen LogP contribution >= 0.6 is 0 Å². The first-order valence-corrected chi connectivity index (χ1v) is 9.31. The van der Waals surface area contributed by atoms with Gasteiger partial charge in [-0.25, -0.2) is 0 Å². The van der Waals surface area contributed by atoms with E-state index in [0.29, 0.717) is 6.42 Å². The van der Waals surface area contributed by atoms with Gasteiger partial charge < -0.3 is 9.88 Å². The number of nitrogens with one attached hydrogen (secondary N) is 1. The molecule has 1 aromatic heterocycles. The van der Waals surface area contributed by atoms with Gasteiger partial charge in [-0.2, -0.15) is 0 Å². The number of hydrogen-bond donors (Lipinski definition) is 1.